The monoisotopic (exact) mass is 294 g/mol. The average Bonchev–Trinajstić information content (AvgIpc) is 2.36. The van der Waals surface area contributed by atoms with E-state index in [1.54, 1.807) is 0 Å². The van der Waals surface area contributed by atoms with E-state index in [9.17, 15) is 0 Å². The van der Waals surface area contributed by atoms with Crippen LogP contribution in [0.1, 0.15) is 53.4 Å². The quantitative estimate of drug-likeness (QED) is 0.450. The van der Waals surface area contributed by atoms with Gasteiger partial charge in [-0.25, -0.2) is 0 Å². The largest absolute Gasteiger partial charge is 0.417 e. The van der Waals surface area contributed by atoms with Crippen molar-refractivity contribution in [1.29, 1.82) is 0 Å². The summed E-state index contributed by atoms with van der Waals surface area (Å²) in [5, 5.41) is 0.317. The Kier molecular flexibility index (Phi) is 6.73. The molecule has 0 aromatic heterocycles. The second-order valence-corrected chi connectivity index (χ2v) is 12.5. The van der Waals surface area contributed by atoms with E-state index in [1.165, 1.54) is 25.7 Å². The SMILES string of the molecule is C/C=C/C=C/[C@@H]1CCCC[C@H]1CO[Si](C)(C)C(C)(C)C. The van der Waals surface area contributed by atoms with Crippen molar-refractivity contribution in [3.8, 4) is 0 Å². The minimum absolute atomic E-state index is 0.317. The van der Waals surface area contributed by atoms with Crippen molar-refractivity contribution in [2.24, 2.45) is 11.8 Å². The fourth-order valence-electron chi connectivity index (χ4n) is 2.55. The Labute approximate surface area is 127 Å². The number of allylic oxidation sites excluding steroid dienone is 4. The lowest BCUT2D eigenvalue weighted by atomic mass is 9.79. The summed E-state index contributed by atoms with van der Waals surface area (Å²) in [5.74, 6) is 1.43. The third kappa shape index (κ3) is 5.21. The maximum Gasteiger partial charge on any atom is 0.191 e. The molecular weight excluding hydrogens is 260 g/mol. The van der Waals surface area contributed by atoms with Crippen LogP contribution >= 0.6 is 0 Å². The fourth-order valence-corrected chi connectivity index (χ4v) is 3.61. The first-order valence-electron chi connectivity index (χ1n) is 8.21. The molecule has 0 heterocycles. The first kappa shape index (κ1) is 17.7. The summed E-state index contributed by atoms with van der Waals surface area (Å²) < 4.78 is 6.46. The average molecular weight is 295 g/mol. The summed E-state index contributed by atoms with van der Waals surface area (Å²) in [6.07, 6.45) is 14.3. The molecule has 1 fully saturated rings. The Morgan fingerprint density at radius 1 is 1.10 bits per heavy atom. The van der Waals surface area contributed by atoms with Crippen LogP contribution < -0.4 is 0 Å². The van der Waals surface area contributed by atoms with Gasteiger partial charge >= 0.3 is 0 Å². The molecule has 1 saturated carbocycles. The number of hydrogen-bond donors (Lipinski definition) is 0. The van der Waals surface area contributed by atoms with Crippen molar-refractivity contribution < 1.29 is 4.43 Å². The summed E-state index contributed by atoms with van der Waals surface area (Å²) in [4.78, 5) is 0. The van der Waals surface area contributed by atoms with Gasteiger partial charge in [-0.05, 0) is 49.7 Å². The van der Waals surface area contributed by atoms with Crippen LogP contribution in [0, 0.1) is 11.8 Å². The summed E-state index contributed by atoms with van der Waals surface area (Å²) in [5.41, 5.74) is 0. The standard InChI is InChI=1S/C18H34OSi/c1-7-8-9-12-16-13-10-11-14-17(16)15-19-20(5,6)18(2,3)4/h7-9,12,16-17H,10-11,13-15H2,1-6H3/b8-7+,12-9+/t16-,17+/m1/s1. The third-order valence-corrected chi connectivity index (χ3v) is 9.59. The lowest BCUT2D eigenvalue weighted by Gasteiger charge is -2.39. The highest BCUT2D eigenvalue weighted by Gasteiger charge is 2.38. The molecule has 1 rings (SSSR count). The Morgan fingerprint density at radius 2 is 1.75 bits per heavy atom. The maximum absolute atomic E-state index is 6.46. The lowest BCUT2D eigenvalue weighted by Crippen LogP contribution is -2.42. The van der Waals surface area contributed by atoms with Gasteiger partial charge in [0.25, 0.3) is 0 Å². The molecule has 116 valence electrons. The summed E-state index contributed by atoms with van der Waals surface area (Å²) >= 11 is 0. The first-order chi connectivity index (χ1) is 9.28. The van der Waals surface area contributed by atoms with Crippen molar-refractivity contribution in [1.82, 2.24) is 0 Å². The Bertz CT molecular complexity index is 336. The van der Waals surface area contributed by atoms with E-state index in [0.717, 1.165) is 12.5 Å². The number of hydrogen-bond acceptors (Lipinski definition) is 1. The maximum atomic E-state index is 6.46. The summed E-state index contributed by atoms with van der Waals surface area (Å²) in [6.45, 7) is 14.7. The van der Waals surface area contributed by atoms with Gasteiger partial charge in [0.1, 0.15) is 0 Å². The third-order valence-electron chi connectivity index (χ3n) is 5.09. The second kappa shape index (κ2) is 7.60. The van der Waals surface area contributed by atoms with E-state index in [2.05, 4.69) is 65.1 Å². The van der Waals surface area contributed by atoms with Crippen molar-refractivity contribution in [2.75, 3.05) is 6.61 Å². The Morgan fingerprint density at radius 3 is 2.35 bits per heavy atom. The van der Waals surface area contributed by atoms with Crippen LogP contribution in [0.2, 0.25) is 18.1 Å². The predicted molar refractivity (Wildman–Crippen MR) is 92.6 cm³/mol. The van der Waals surface area contributed by atoms with Crippen molar-refractivity contribution in [3.05, 3.63) is 24.3 Å². The summed E-state index contributed by atoms with van der Waals surface area (Å²) in [7, 11) is -1.59. The van der Waals surface area contributed by atoms with Gasteiger partial charge in [0.2, 0.25) is 0 Å². The molecule has 20 heavy (non-hydrogen) atoms. The van der Waals surface area contributed by atoms with Crippen LogP contribution in [-0.2, 0) is 4.43 Å². The Hall–Kier alpha value is -0.343. The molecule has 0 bridgehead atoms. The van der Waals surface area contributed by atoms with Crippen molar-refractivity contribution in [2.45, 2.75) is 71.5 Å². The van der Waals surface area contributed by atoms with E-state index >= 15 is 0 Å². The van der Waals surface area contributed by atoms with Gasteiger partial charge in [-0.1, -0.05) is 57.9 Å². The van der Waals surface area contributed by atoms with Gasteiger partial charge < -0.3 is 4.43 Å². The first-order valence-corrected chi connectivity index (χ1v) is 11.1. The van der Waals surface area contributed by atoms with Gasteiger partial charge in [-0.3, -0.25) is 0 Å². The molecule has 0 spiro atoms. The van der Waals surface area contributed by atoms with Crippen LogP contribution in [-0.4, -0.2) is 14.9 Å². The molecule has 0 radical (unpaired) electrons. The predicted octanol–water partition coefficient (Wildman–Crippen LogP) is 5.95. The van der Waals surface area contributed by atoms with E-state index in [1.807, 2.05) is 0 Å². The van der Waals surface area contributed by atoms with Gasteiger partial charge in [-0.15, -0.1) is 0 Å². The minimum atomic E-state index is -1.59. The molecule has 0 aromatic rings. The van der Waals surface area contributed by atoms with Crippen LogP contribution in [0.15, 0.2) is 24.3 Å². The van der Waals surface area contributed by atoms with Gasteiger partial charge in [0, 0.05) is 6.61 Å². The molecule has 0 unspecified atom stereocenters. The highest BCUT2D eigenvalue weighted by Crippen LogP contribution is 2.38. The molecule has 1 aliphatic carbocycles. The van der Waals surface area contributed by atoms with Gasteiger partial charge in [-0.2, -0.15) is 0 Å². The van der Waals surface area contributed by atoms with Crippen LogP contribution in [0.4, 0.5) is 0 Å². The van der Waals surface area contributed by atoms with Crippen LogP contribution in [0.3, 0.4) is 0 Å². The second-order valence-electron chi connectivity index (χ2n) is 7.69. The molecule has 1 aliphatic rings. The van der Waals surface area contributed by atoms with Crippen LogP contribution in [0.25, 0.3) is 0 Å². The zero-order chi connectivity index (χ0) is 15.2. The molecule has 2 heteroatoms. The number of rotatable bonds is 5. The molecule has 0 aromatic carbocycles. The Balaban J connectivity index is 2.59. The van der Waals surface area contributed by atoms with E-state index in [-0.39, 0.29) is 0 Å². The molecule has 0 saturated heterocycles. The normalized spacial score (nSPS) is 25.7. The van der Waals surface area contributed by atoms with Crippen molar-refractivity contribution >= 4 is 8.32 Å². The zero-order valence-electron chi connectivity index (χ0n) is 14.4. The molecule has 2 atom stereocenters. The molecule has 0 N–H and O–H groups in total. The smallest absolute Gasteiger partial charge is 0.191 e. The van der Waals surface area contributed by atoms with Gasteiger partial charge in [0.05, 0.1) is 0 Å². The molecule has 0 aliphatic heterocycles. The topological polar surface area (TPSA) is 9.23 Å². The summed E-state index contributed by atoms with van der Waals surface area (Å²) in [6, 6.07) is 0. The highest BCUT2D eigenvalue weighted by molar-refractivity contribution is 6.74. The van der Waals surface area contributed by atoms with Crippen molar-refractivity contribution in [3.63, 3.8) is 0 Å². The highest BCUT2D eigenvalue weighted by atomic mass is 28.4. The van der Waals surface area contributed by atoms with E-state index in [0.29, 0.717) is 11.0 Å². The van der Waals surface area contributed by atoms with E-state index < -0.39 is 8.32 Å². The van der Waals surface area contributed by atoms with E-state index in [4.69, 9.17) is 4.43 Å². The molecular formula is C18H34OSi. The van der Waals surface area contributed by atoms with Crippen LogP contribution in [0.5, 0.6) is 0 Å². The lowest BCUT2D eigenvalue weighted by molar-refractivity contribution is 0.162. The fraction of sp³-hybridized carbons (Fsp3) is 0.778. The minimum Gasteiger partial charge on any atom is -0.417 e. The zero-order valence-corrected chi connectivity index (χ0v) is 15.4. The van der Waals surface area contributed by atoms with Gasteiger partial charge in [0.15, 0.2) is 8.32 Å². The molecule has 0 amide bonds. The molecule has 1 nitrogen and oxygen atoms in total.